The van der Waals surface area contributed by atoms with E-state index in [4.69, 9.17) is 14.2 Å². The van der Waals surface area contributed by atoms with E-state index >= 15 is 0 Å². The molecule has 68 heavy (non-hydrogen) atoms. The third-order valence-electron chi connectivity index (χ3n) is 14.7. The van der Waals surface area contributed by atoms with E-state index in [9.17, 15) is 14.4 Å². The Bertz CT molecular complexity index is 1030. The highest BCUT2D eigenvalue weighted by molar-refractivity contribution is 5.71. The number of ether oxygens (including phenoxy) is 3. The Hall–Kier alpha value is -1.59. The highest BCUT2D eigenvalue weighted by Crippen LogP contribution is 2.19. The van der Waals surface area contributed by atoms with E-state index in [1.807, 2.05) is 0 Å². The smallest absolute Gasteiger partial charge is 0.306 e. The largest absolute Gasteiger partial charge is 0.462 e. The van der Waals surface area contributed by atoms with E-state index < -0.39 is 6.10 Å². The fourth-order valence-electron chi connectivity index (χ4n) is 9.60. The van der Waals surface area contributed by atoms with Crippen LogP contribution in [0.15, 0.2) is 0 Å². The van der Waals surface area contributed by atoms with Gasteiger partial charge in [0.05, 0.1) is 0 Å². The molecule has 0 bridgehead atoms. The van der Waals surface area contributed by atoms with Crippen LogP contribution in [0.4, 0.5) is 0 Å². The number of carbonyl (C=O) groups is 3. The molecule has 404 valence electrons. The fourth-order valence-corrected chi connectivity index (χ4v) is 9.60. The van der Waals surface area contributed by atoms with Crippen molar-refractivity contribution in [3.63, 3.8) is 0 Å². The number of rotatable bonds is 57. The van der Waals surface area contributed by atoms with Crippen molar-refractivity contribution in [1.29, 1.82) is 0 Å². The number of hydrogen-bond acceptors (Lipinski definition) is 6. The molecule has 2 atom stereocenters. The molecule has 0 spiro atoms. The van der Waals surface area contributed by atoms with Gasteiger partial charge >= 0.3 is 17.9 Å². The summed E-state index contributed by atoms with van der Waals surface area (Å²) in [6.07, 6.45) is 62.4. The lowest BCUT2D eigenvalue weighted by atomic mass is 9.99. The van der Waals surface area contributed by atoms with Gasteiger partial charge in [-0.3, -0.25) is 14.4 Å². The summed E-state index contributed by atoms with van der Waals surface area (Å²) in [7, 11) is 0. The van der Waals surface area contributed by atoms with E-state index in [-0.39, 0.29) is 31.1 Å². The van der Waals surface area contributed by atoms with Gasteiger partial charge in [0.25, 0.3) is 0 Å². The van der Waals surface area contributed by atoms with Crippen LogP contribution in [0, 0.1) is 5.92 Å². The van der Waals surface area contributed by atoms with Crippen molar-refractivity contribution in [3.8, 4) is 0 Å². The molecule has 0 rings (SSSR count). The zero-order valence-corrected chi connectivity index (χ0v) is 46.6. The summed E-state index contributed by atoms with van der Waals surface area (Å²) in [5.74, 6) is 0.0791. The third-order valence-corrected chi connectivity index (χ3v) is 14.7. The first-order valence-electron chi connectivity index (χ1n) is 30.9. The van der Waals surface area contributed by atoms with Gasteiger partial charge in [0.1, 0.15) is 13.2 Å². The first kappa shape index (κ1) is 66.4. The normalized spacial score (nSPS) is 12.4. The van der Waals surface area contributed by atoms with E-state index in [0.29, 0.717) is 19.3 Å². The third kappa shape index (κ3) is 53.8. The minimum absolute atomic E-state index is 0.0614. The van der Waals surface area contributed by atoms with Crippen LogP contribution in [0.1, 0.15) is 355 Å². The molecule has 0 fully saturated rings. The molecule has 0 aromatic carbocycles. The lowest BCUT2D eigenvalue weighted by Crippen LogP contribution is -2.30. The van der Waals surface area contributed by atoms with Gasteiger partial charge in [-0.05, 0) is 25.2 Å². The van der Waals surface area contributed by atoms with Crippen LogP contribution in [0.25, 0.3) is 0 Å². The van der Waals surface area contributed by atoms with Crippen molar-refractivity contribution in [1.82, 2.24) is 0 Å². The van der Waals surface area contributed by atoms with Gasteiger partial charge in [-0.15, -0.1) is 0 Å². The van der Waals surface area contributed by atoms with Crippen molar-refractivity contribution in [2.75, 3.05) is 13.2 Å². The molecular formula is C62H120O6. The lowest BCUT2D eigenvalue weighted by molar-refractivity contribution is -0.167. The molecule has 0 aliphatic carbocycles. The molecule has 0 aromatic heterocycles. The Balaban J connectivity index is 4.22. The van der Waals surface area contributed by atoms with Crippen molar-refractivity contribution in [2.45, 2.75) is 361 Å². The average Bonchev–Trinajstić information content (AvgIpc) is 3.34. The predicted octanol–water partition coefficient (Wildman–Crippen LogP) is 20.6. The minimum Gasteiger partial charge on any atom is -0.462 e. The monoisotopic (exact) mass is 961 g/mol. The van der Waals surface area contributed by atoms with Gasteiger partial charge in [0, 0.05) is 19.3 Å². The maximum absolute atomic E-state index is 12.9. The summed E-state index contributed by atoms with van der Waals surface area (Å²) in [5, 5.41) is 0. The maximum atomic E-state index is 12.9. The Kier molecular flexibility index (Phi) is 55.0. The van der Waals surface area contributed by atoms with Crippen LogP contribution in [-0.4, -0.2) is 37.2 Å². The standard InChI is InChI=1S/C62H120O6/c1-5-8-10-12-14-16-18-20-21-27-31-35-39-43-47-51-55-62(65)68-59(56-66-60(63)53-49-45-41-37-33-19-17-15-13-11-9-6-2)57-67-61(64)54-50-46-42-38-34-30-28-25-23-22-24-26-29-32-36-40-44-48-52-58(4)7-3/h58-59H,5-57H2,1-4H3/t58?,59-/m1/s1. The summed E-state index contributed by atoms with van der Waals surface area (Å²) < 4.78 is 16.9. The van der Waals surface area contributed by atoms with Gasteiger partial charge in [-0.1, -0.05) is 317 Å². The topological polar surface area (TPSA) is 78.9 Å². The molecule has 0 N–H and O–H groups in total. The predicted molar refractivity (Wildman–Crippen MR) is 293 cm³/mol. The minimum atomic E-state index is -0.762. The second-order valence-corrected chi connectivity index (χ2v) is 21.6. The molecule has 0 amide bonds. The molecule has 6 heteroatoms. The van der Waals surface area contributed by atoms with Gasteiger partial charge < -0.3 is 14.2 Å². The zero-order valence-electron chi connectivity index (χ0n) is 46.6. The first-order chi connectivity index (χ1) is 33.4. The Morgan fingerprint density at radius 2 is 0.515 bits per heavy atom. The summed E-state index contributed by atoms with van der Waals surface area (Å²) >= 11 is 0. The first-order valence-corrected chi connectivity index (χ1v) is 30.9. The second-order valence-electron chi connectivity index (χ2n) is 21.6. The summed E-state index contributed by atoms with van der Waals surface area (Å²) in [6, 6.07) is 0. The van der Waals surface area contributed by atoms with E-state index in [1.54, 1.807) is 0 Å². The summed E-state index contributed by atoms with van der Waals surface area (Å²) in [6.45, 7) is 9.12. The van der Waals surface area contributed by atoms with Crippen LogP contribution in [-0.2, 0) is 28.6 Å². The number of esters is 3. The molecule has 0 radical (unpaired) electrons. The number of unbranched alkanes of at least 4 members (excludes halogenated alkanes) is 43. The number of hydrogen-bond donors (Lipinski definition) is 0. The average molecular weight is 962 g/mol. The van der Waals surface area contributed by atoms with E-state index in [1.165, 1.54) is 250 Å². The second kappa shape index (κ2) is 56.3. The zero-order chi connectivity index (χ0) is 49.5. The van der Waals surface area contributed by atoms with Gasteiger partial charge in [-0.2, -0.15) is 0 Å². The molecule has 0 heterocycles. The Morgan fingerprint density at radius 1 is 0.294 bits per heavy atom. The van der Waals surface area contributed by atoms with Gasteiger partial charge in [0.2, 0.25) is 0 Å². The number of carbonyl (C=O) groups excluding carboxylic acids is 3. The van der Waals surface area contributed by atoms with Crippen LogP contribution in [0.3, 0.4) is 0 Å². The molecule has 6 nitrogen and oxygen atoms in total. The Morgan fingerprint density at radius 3 is 0.765 bits per heavy atom. The molecular weight excluding hydrogens is 841 g/mol. The van der Waals surface area contributed by atoms with Crippen molar-refractivity contribution < 1.29 is 28.6 Å². The van der Waals surface area contributed by atoms with Crippen LogP contribution in [0.2, 0.25) is 0 Å². The molecule has 0 aliphatic rings. The fraction of sp³-hybridized carbons (Fsp3) is 0.952. The summed E-state index contributed by atoms with van der Waals surface area (Å²) in [4.78, 5) is 38.2. The maximum Gasteiger partial charge on any atom is 0.306 e. The lowest BCUT2D eigenvalue weighted by Gasteiger charge is -2.18. The molecule has 0 aromatic rings. The molecule has 1 unspecified atom stereocenters. The van der Waals surface area contributed by atoms with Gasteiger partial charge in [0.15, 0.2) is 6.10 Å². The van der Waals surface area contributed by atoms with E-state index in [0.717, 1.165) is 63.7 Å². The van der Waals surface area contributed by atoms with Crippen molar-refractivity contribution in [2.24, 2.45) is 5.92 Å². The SMILES string of the molecule is CCCCCCCCCCCCCCCCCCC(=O)O[C@H](COC(=O)CCCCCCCCCCCCCC)COC(=O)CCCCCCCCCCCCCCCCCCCCC(C)CC. The quantitative estimate of drug-likeness (QED) is 0.0343. The van der Waals surface area contributed by atoms with Crippen molar-refractivity contribution >= 4 is 17.9 Å². The van der Waals surface area contributed by atoms with Gasteiger partial charge in [-0.25, -0.2) is 0 Å². The van der Waals surface area contributed by atoms with Crippen molar-refractivity contribution in [3.05, 3.63) is 0 Å². The van der Waals surface area contributed by atoms with E-state index in [2.05, 4.69) is 27.7 Å². The highest BCUT2D eigenvalue weighted by Gasteiger charge is 2.19. The van der Waals surface area contributed by atoms with Crippen LogP contribution in [0.5, 0.6) is 0 Å². The van der Waals surface area contributed by atoms with Crippen LogP contribution >= 0.6 is 0 Å². The Labute approximate surface area is 425 Å². The molecule has 0 saturated carbocycles. The molecule has 0 aliphatic heterocycles. The van der Waals surface area contributed by atoms with Crippen LogP contribution < -0.4 is 0 Å². The molecule has 0 saturated heterocycles. The highest BCUT2D eigenvalue weighted by atomic mass is 16.6. The summed E-state index contributed by atoms with van der Waals surface area (Å²) in [5.41, 5.74) is 0.